The molecule has 11 heteroatoms. The summed E-state index contributed by atoms with van der Waals surface area (Å²) in [7, 11) is 0. The summed E-state index contributed by atoms with van der Waals surface area (Å²) in [6, 6.07) is 13.3. The number of amides is 1. The van der Waals surface area contributed by atoms with Crippen LogP contribution < -0.4 is 5.32 Å². The predicted molar refractivity (Wildman–Crippen MR) is 123 cm³/mol. The Kier molecular flexibility index (Phi) is 6.24. The summed E-state index contributed by atoms with van der Waals surface area (Å²) in [6.07, 6.45) is 1.70. The molecule has 0 radical (unpaired) electrons. The van der Waals surface area contributed by atoms with Crippen LogP contribution in [0.3, 0.4) is 0 Å². The van der Waals surface area contributed by atoms with Crippen LogP contribution in [0.1, 0.15) is 0 Å². The van der Waals surface area contributed by atoms with Gasteiger partial charge < -0.3 is 9.73 Å². The number of fused-ring (bicyclic) bond motifs is 1. The fourth-order valence-electron chi connectivity index (χ4n) is 3.00. The molecule has 0 saturated heterocycles. The van der Waals surface area contributed by atoms with Crippen LogP contribution >= 0.6 is 23.4 Å². The molecule has 0 aliphatic rings. The molecule has 0 atom stereocenters. The molecule has 32 heavy (non-hydrogen) atoms. The number of nitrogens with zero attached hydrogens (tertiary/aromatic N) is 4. The van der Waals surface area contributed by atoms with Crippen molar-refractivity contribution in [2.45, 2.75) is 11.7 Å². The summed E-state index contributed by atoms with van der Waals surface area (Å²) >= 11 is 7.21. The number of furan rings is 1. The maximum Gasteiger partial charge on any atom is 0.271 e. The number of aromatic nitrogens is 3. The van der Waals surface area contributed by atoms with Gasteiger partial charge in [0.1, 0.15) is 5.58 Å². The van der Waals surface area contributed by atoms with E-state index >= 15 is 0 Å². The van der Waals surface area contributed by atoms with Crippen molar-refractivity contribution < 1.29 is 14.1 Å². The van der Waals surface area contributed by atoms with E-state index in [1.807, 2.05) is 30.3 Å². The van der Waals surface area contributed by atoms with E-state index < -0.39 is 10.8 Å². The lowest BCUT2D eigenvalue weighted by Gasteiger charge is -2.08. The second kappa shape index (κ2) is 9.25. The molecule has 9 nitrogen and oxygen atoms in total. The van der Waals surface area contributed by atoms with Gasteiger partial charge in [-0.05, 0) is 18.2 Å². The number of carbonyl (C=O) groups is 1. The quantitative estimate of drug-likeness (QED) is 0.164. The Morgan fingerprint density at radius 3 is 2.84 bits per heavy atom. The van der Waals surface area contributed by atoms with E-state index in [9.17, 15) is 14.9 Å². The largest absolute Gasteiger partial charge is 0.453 e. The van der Waals surface area contributed by atoms with Crippen molar-refractivity contribution in [1.29, 1.82) is 0 Å². The van der Waals surface area contributed by atoms with Gasteiger partial charge in [-0.3, -0.25) is 19.5 Å². The molecular weight excluding hydrogens is 454 g/mol. The van der Waals surface area contributed by atoms with E-state index in [0.29, 0.717) is 23.3 Å². The normalized spacial score (nSPS) is 10.9. The molecule has 0 saturated carbocycles. The van der Waals surface area contributed by atoms with Crippen molar-refractivity contribution in [2.24, 2.45) is 0 Å². The Morgan fingerprint density at radius 2 is 2.09 bits per heavy atom. The lowest BCUT2D eigenvalue weighted by Crippen LogP contribution is -2.15. The molecule has 0 unspecified atom stereocenters. The molecule has 0 aliphatic heterocycles. The van der Waals surface area contributed by atoms with E-state index in [2.05, 4.69) is 22.1 Å². The van der Waals surface area contributed by atoms with Gasteiger partial charge in [0.25, 0.3) is 5.69 Å². The minimum Gasteiger partial charge on any atom is -0.453 e. The van der Waals surface area contributed by atoms with Crippen molar-refractivity contribution in [3.05, 3.63) is 76.3 Å². The van der Waals surface area contributed by atoms with E-state index in [0.717, 1.165) is 22.7 Å². The number of nitro groups is 1. The number of benzene rings is 2. The van der Waals surface area contributed by atoms with Crippen LogP contribution in [-0.4, -0.2) is 31.3 Å². The number of anilines is 1. The highest BCUT2D eigenvalue weighted by molar-refractivity contribution is 7.99. The molecule has 4 rings (SSSR count). The first-order valence-electron chi connectivity index (χ1n) is 9.36. The molecular formula is C21H16ClN5O4S. The second-order valence-electron chi connectivity index (χ2n) is 6.61. The summed E-state index contributed by atoms with van der Waals surface area (Å²) in [5, 5.41) is 23.6. The van der Waals surface area contributed by atoms with E-state index in [4.69, 9.17) is 16.0 Å². The zero-order chi connectivity index (χ0) is 22.7. The third kappa shape index (κ3) is 4.51. The minimum absolute atomic E-state index is 0.00553. The smallest absolute Gasteiger partial charge is 0.271 e. The highest BCUT2D eigenvalue weighted by Crippen LogP contribution is 2.30. The summed E-state index contributed by atoms with van der Waals surface area (Å²) in [5.74, 6) is 0.677. The lowest BCUT2D eigenvalue weighted by atomic mass is 10.2. The molecule has 2 heterocycles. The summed E-state index contributed by atoms with van der Waals surface area (Å²) in [4.78, 5) is 22.8. The molecule has 0 fully saturated rings. The molecule has 0 bridgehead atoms. The lowest BCUT2D eigenvalue weighted by molar-refractivity contribution is -0.384. The number of non-ortho nitro benzene ring substituents is 1. The number of hydrogen-bond donors (Lipinski definition) is 1. The molecule has 2 aromatic carbocycles. The number of thioether (sulfide) groups is 1. The monoisotopic (exact) mass is 469 g/mol. The highest BCUT2D eigenvalue weighted by Gasteiger charge is 2.19. The molecule has 2 aromatic heterocycles. The number of carbonyl (C=O) groups excluding carboxylic acids is 1. The van der Waals surface area contributed by atoms with Crippen molar-refractivity contribution in [1.82, 2.24) is 14.8 Å². The van der Waals surface area contributed by atoms with Crippen molar-refractivity contribution >= 4 is 51.6 Å². The number of rotatable bonds is 8. The van der Waals surface area contributed by atoms with Gasteiger partial charge >= 0.3 is 0 Å². The topological polar surface area (TPSA) is 116 Å². The van der Waals surface area contributed by atoms with Gasteiger partial charge in [-0.2, -0.15) is 0 Å². The Hall–Kier alpha value is -3.63. The van der Waals surface area contributed by atoms with Crippen LogP contribution in [-0.2, 0) is 11.3 Å². The standard InChI is InChI=1S/C21H16ClN5O4S/c1-2-9-26-20(18-10-13-5-3-4-6-17(13)31-18)24-25-21(26)32-12-19(28)23-16-11-14(27(29)30)7-8-15(16)22/h2-8,10-11H,1,9,12H2,(H,23,28). The molecule has 0 spiro atoms. The maximum atomic E-state index is 12.4. The van der Waals surface area contributed by atoms with Gasteiger partial charge in [0.15, 0.2) is 10.9 Å². The maximum absolute atomic E-state index is 12.4. The Morgan fingerprint density at radius 1 is 1.28 bits per heavy atom. The van der Waals surface area contributed by atoms with Crippen LogP contribution in [0.5, 0.6) is 0 Å². The van der Waals surface area contributed by atoms with Gasteiger partial charge in [-0.15, -0.1) is 16.8 Å². The number of nitrogens with one attached hydrogen (secondary N) is 1. The number of nitro benzene ring substituents is 1. The van der Waals surface area contributed by atoms with E-state index in [1.54, 1.807) is 10.6 Å². The highest BCUT2D eigenvalue weighted by atomic mass is 35.5. The first kappa shape index (κ1) is 21.6. The van der Waals surface area contributed by atoms with Crippen LogP contribution in [0.4, 0.5) is 11.4 Å². The Labute approximate surface area is 191 Å². The number of hydrogen-bond acceptors (Lipinski definition) is 7. The average molecular weight is 470 g/mol. The van der Waals surface area contributed by atoms with Crippen molar-refractivity contribution in [3.8, 4) is 11.6 Å². The third-order valence-corrected chi connectivity index (χ3v) is 5.74. The fourth-order valence-corrected chi connectivity index (χ4v) is 3.92. The summed E-state index contributed by atoms with van der Waals surface area (Å²) in [5.41, 5.74) is 0.735. The van der Waals surface area contributed by atoms with Gasteiger partial charge in [0.05, 0.1) is 21.4 Å². The fraction of sp³-hybridized carbons (Fsp3) is 0.0952. The van der Waals surface area contributed by atoms with Crippen LogP contribution in [0.15, 0.2) is 70.8 Å². The zero-order valence-electron chi connectivity index (χ0n) is 16.5. The molecule has 0 aliphatic carbocycles. The Balaban J connectivity index is 1.51. The van der Waals surface area contributed by atoms with E-state index in [-0.39, 0.29) is 22.2 Å². The molecule has 162 valence electrons. The summed E-state index contributed by atoms with van der Waals surface area (Å²) < 4.78 is 7.68. The van der Waals surface area contributed by atoms with Crippen LogP contribution in [0.2, 0.25) is 5.02 Å². The Bertz CT molecular complexity index is 1300. The molecule has 4 aromatic rings. The predicted octanol–water partition coefficient (Wildman–Crippen LogP) is 5.17. The first-order chi connectivity index (χ1) is 15.5. The minimum atomic E-state index is -0.557. The number of para-hydroxylation sites is 1. The van der Waals surface area contributed by atoms with Crippen LogP contribution in [0, 0.1) is 10.1 Å². The molecule has 1 N–H and O–H groups in total. The van der Waals surface area contributed by atoms with Gasteiger partial charge in [0, 0.05) is 24.1 Å². The SMILES string of the molecule is C=CCn1c(SCC(=O)Nc2cc([N+](=O)[O-])ccc2Cl)nnc1-c1cc2ccccc2o1. The van der Waals surface area contributed by atoms with Crippen molar-refractivity contribution in [3.63, 3.8) is 0 Å². The number of allylic oxidation sites excluding steroid dienone is 1. The second-order valence-corrected chi connectivity index (χ2v) is 7.96. The third-order valence-electron chi connectivity index (χ3n) is 4.44. The van der Waals surface area contributed by atoms with Crippen LogP contribution in [0.25, 0.3) is 22.6 Å². The average Bonchev–Trinajstić information content (AvgIpc) is 3.37. The van der Waals surface area contributed by atoms with Gasteiger partial charge in [0.2, 0.25) is 11.7 Å². The zero-order valence-corrected chi connectivity index (χ0v) is 18.1. The van der Waals surface area contributed by atoms with Crippen molar-refractivity contribution in [2.75, 3.05) is 11.1 Å². The first-order valence-corrected chi connectivity index (χ1v) is 10.7. The summed E-state index contributed by atoms with van der Waals surface area (Å²) in [6.45, 7) is 4.19. The number of halogens is 1. The molecule has 1 amide bonds. The van der Waals surface area contributed by atoms with E-state index in [1.165, 1.54) is 18.2 Å². The van der Waals surface area contributed by atoms with Gasteiger partial charge in [-0.1, -0.05) is 47.6 Å². The van der Waals surface area contributed by atoms with Gasteiger partial charge in [-0.25, -0.2) is 0 Å².